The normalized spacial score (nSPS) is 15.1. The summed E-state index contributed by atoms with van der Waals surface area (Å²) in [7, 11) is 2.02. The lowest BCUT2D eigenvalue weighted by atomic mass is 10.2. The second-order valence-corrected chi connectivity index (χ2v) is 4.90. The Balaban J connectivity index is 0.000000120. The molecule has 1 aliphatic carbocycles. The minimum absolute atomic E-state index is 0.878. The fraction of sp³-hybridized carbons (Fsp3) is 0.538. The lowest BCUT2D eigenvalue weighted by molar-refractivity contribution is 0.631. The maximum absolute atomic E-state index is 5.14. The van der Waals surface area contributed by atoms with Gasteiger partial charge in [0.15, 0.2) is 0 Å². The summed E-state index contributed by atoms with van der Waals surface area (Å²) in [5, 5.41) is 3.15. The summed E-state index contributed by atoms with van der Waals surface area (Å²) < 4.78 is 5.14. The van der Waals surface area contributed by atoms with Gasteiger partial charge in [0.1, 0.15) is 11.2 Å². The van der Waals surface area contributed by atoms with Crippen LogP contribution in [0.15, 0.2) is 27.5 Å². The zero-order valence-electron chi connectivity index (χ0n) is 9.70. The molecule has 0 spiro atoms. The van der Waals surface area contributed by atoms with E-state index in [1.165, 1.54) is 32.2 Å². The number of hydrogen-bond donors (Lipinski definition) is 2. The van der Waals surface area contributed by atoms with E-state index < -0.39 is 0 Å². The number of nitrogens with one attached hydrogen (secondary N) is 1. The van der Waals surface area contributed by atoms with E-state index in [1.54, 1.807) is 0 Å². The molecule has 1 aliphatic rings. The third kappa shape index (κ3) is 3.42. The van der Waals surface area contributed by atoms with E-state index in [1.807, 2.05) is 25.2 Å². The predicted octanol–water partition coefficient (Wildman–Crippen LogP) is 3.56. The molecule has 3 rings (SSSR count). The van der Waals surface area contributed by atoms with Crippen molar-refractivity contribution in [2.24, 2.45) is 5.92 Å². The lowest BCUT2D eigenvalue weighted by Gasteiger charge is -1.94. The van der Waals surface area contributed by atoms with E-state index >= 15 is 0 Å². The summed E-state index contributed by atoms with van der Waals surface area (Å²) in [6.45, 7) is 1.20. The van der Waals surface area contributed by atoms with Crippen molar-refractivity contribution < 1.29 is 4.42 Å². The first-order chi connectivity index (χ1) is 7.79. The molecule has 16 heavy (non-hydrogen) atoms. The molecular weight excluding hydrogens is 218 g/mol. The summed E-state index contributed by atoms with van der Waals surface area (Å²) in [6, 6.07) is 5.74. The smallest absolute Gasteiger partial charge is 0.140 e. The van der Waals surface area contributed by atoms with Crippen LogP contribution in [0.4, 0.5) is 0 Å². The van der Waals surface area contributed by atoms with Gasteiger partial charge in [-0.3, -0.25) is 0 Å². The van der Waals surface area contributed by atoms with Crippen LogP contribution in [0.3, 0.4) is 0 Å². The molecule has 2 aromatic rings. The van der Waals surface area contributed by atoms with Gasteiger partial charge in [-0.2, -0.15) is 0 Å². The molecule has 0 unspecified atom stereocenters. The second kappa shape index (κ2) is 5.60. The average Bonchev–Trinajstić information content (AvgIpc) is 2.88. The van der Waals surface area contributed by atoms with E-state index in [0.29, 0.717) is 0 Å². The van der Waals surface area contributed by atoms with Crippen LogP contribution in [0.25, 0.3) is 11.2 Å². The van der Waals surface area contributed by atoms with Gasteiger partial charge in [0.2, 0.25) is 0 Å². The van der Waals surface area contributed by atoms with Crippen LogP contribution < -0.4 is 5.32 Å². The van der Waals surface area contributed by atoms with Crippen LogP contribution in [0, 0.1) is 5.92 Å². The zero-order valence-corrected chi connectivity index (χ0v) is 10.6. The zero-order chi connectivity index (χ0) is 11.4. The van der Waals surface area contributed by atoms with Crippen LogP contribution in [-0.2, 0) is 0 Å². The molecule has 0 radical (unpaired) electrons. The standard InChI is InChI=1S/C7H15N.C6H4OS/c1-8-6-2-3-7-4-5-7;8-6-3-4-1-2-5(6)7-4/h7-8H,2-6H2,1H3;1-3,8H. The molecule has 3 heteroatoms. The molecular formula is C13H19NOS. The molecule has 2 aromatic heterocycles. The first kappa shape index (κ1) is 11.8. The van der Waals surface area contributed by atoms with Crippen molar-refractivity contribution in [2.75, 3.05) is 13.6 Å². The van der Waals surface area contributed by atoms with Gasteiger partial charge in [-0.15, -0.1) is 12.6 Å². The minimum Gasteiger partial charge on any atom is -0.456 e. The van der Waals surface area contributed by atoms with Gasteiger partial charge >= 0.3 is 0 Å². The van der Waals surface area contributed by atoms with Crippen molar-refractivity contribution in [3.63, 3.8) is 0 Å². The molecule has 2 nitrogen and oxygen atoms in total. The first-order valence-electron chi connectivity index (χ1n) is 5.95. The molecule has 2 bridgehead atoms. The molecule has 2 heterocycles. The van der Waals surface area contributed by atoms with E-state index in [-0.39, 0.29) is 0 Å². The molecule has 1 N–H and O–H groups in total. The fourth-order valence-corrected chi connectivity index (χ4v) is 2.00. The van der Waals surface area contributed by atoms with Crippen molar-refractivity contribution in [1.82, 2.24) is 5.32 Å². The average molecular weight is 237 g/mol. The van der Waals surface area contributed by atoms with Crippen LogP contribution in [0.5, 0.6) is 0 Å². The van der Waals surface area contributed by atoms with Crippen molar-refractivity contribution in [3.05, 3.63) is 18.2 Å². The van der Waals surface area contributed by atoms with Gasteiger partial charge < -0.3 is 9.73 Å². The van der Waals surface area contributed by atoms with Crippen LogP contribution in [0.2, 0.25) is 0 Å². The predicted molar refractivity (Wildman–Crippen MR) is 70.5 cm³/mol. The van der Waals surface area contributed by atoms with Crippen molar-refractivity contribution in [3.8, 4) is 0 Å². The molecule has 0 aromatic carbocycles. The number of thiol groups is 1. The Morgan fingerprint density at radius 2 is 2.25 bits per heavy atom. The third-order valence-electron chi connectivity index (χ3n) is 2.89. The van der Waals surface area contributed by atoms with Crippen LogP contribution in [0.1, 0.15) is 25.7 Å². The number of benzene rings is 1. The van der Waals surface area contributed by atoms with Crippen molar-refractivity contribution >= 4 is 23.8 Å². The van der Waals surface area contributed by atoms with E-state index in [4.69, 9.17) is 4.42 Å². The highest BCUT2D eigenvalue weighted by Gasteiger charge is 2.19. The highest BCUT2D eigenvalue weighted by Crippen LogP contribution is 2.33. The second-order valence-electron chi connectivity index (χ2n) is 4.42. The van der Waals surface area contributed by atoms with E-state index in [9.17, 15) is 0 Å². The molecule has 0 atom stereocenters. The highest BCUT2D eigenvalue weighted by molar-refractivity contribution is 7.80. The molecule has 88 valence electrons. The summed E-state index contributed by atoms with van der Waals surface area (Å²) >= 11 is 4.12. The molecule has 0 saturated heterocycles. The van der Waals surface area contributed by atoms with Crippen LogP contribution in [-0.4, -0.2) is 13.6 Å². The van der Waals surface area contributed by atoms with Gasteiger partial charge in [-0.25, -0.2) is 0 Å². The Labute approximate surface area is 102 Å². The van der Waals surface area contributed by atoms with Crippen LogP contribution >= 0.6 is 12.6 Å². The maximum atomic E-state index is 5.14. The summed E-state index contributed by atoms with van der Waals surface area (Å²) in [6.07, 6.45) is 5.84. The number of rotatable bonds is 4. The Morgan fingerprint density at radius 1 is 1.44 bits per heavy atom. The summed E-state index contributed by atoms with van der Waals surface area (Å²) in [5.41, 5.74) is 1.79. The van der Waals surface area contributed by atoms with Gasteiger partial charge in [-0.05, 0) is 50.6 Å². The van der Waals surface area contributed by atoms with Crippen molar-refractivity contribution in [2.45, 2.75) is 30.6 Å². The SMILES string of the molecule is CNCCCC1CC1.Sc1cc2ccc1o2. The minimum atomic E-state index is 0.878. The molecule has 1 fully saturated rings. The largest absolute Gasteiger partial charge is 0.456 e. The number of fused-ring (bicyclic) bond motifs is 2. The van der Waals surface area contributed by atoms with E-state index in [2.05, 4.69) is 17.9 Å². The van der Waals surface area contributed by atoms with Gasteiger partial charge in [0, 0.05) is 0 Å². The van der Waals surface area contributed by atoms with Gasteiger partial charge in [0.25, 0.3) is 0 Å². The van der Waals surface area contributed by atoms with Gasteiger partial charge in [-0.1, -0.05) is 12.8 Å². The third-order valence-corrected chi connectivity index (χ3v) is 3.24. The first-order valence-corrected chi connectivity index (χ1v) is 6.40. The topological polar surface area (TPSA) is 25.2 Å². The Hall–Kier alpha value is -0.670. The number of furan rings is 2. The summed E-state index contributed by atoms with van der Waals surface area (Å²) in [4.78, 5) is 0.933. The summed E-state index contributed by atoms with van der Waals surface area (Å²) in [5.74, 6) is 1.11. The fourth-order valence-electron chi connectivity index (χ4n) is 1.75. The molecule has 0 amide bonds. The Bertz CT molecular complexity index is 408. The van der Waals surface area contributed by atoms with Gasteiger partial charge in [0.05, 0.1) is 4.90 Å². The molecule has 0 aliphatic heterocycles. The molecule has 1 saturated carbocycles. The number of hydrogen-bond acceptors (Lipinski definition) is 3. The highest BCUT2D eigenvalue weighted by atomic mass is 32.1. The maximum Gasteiger partial charge on any atom is 0.140 e. The Morgan fingerprint density at radius 3 is 2.62 bits per heavy atom. The Kier molecular flexibility index (Phi) is 4.13. The quantitative estimate of drug-likeness (QED) is 0.628. The van der Waals surface area contributed by atoms with E-state index in [0.717, 1.165) is 22.0 Å². The monoisotopic (exact) mass is 237 g/mol. The lowest BCUT2D eigenvalue weighted by Crippen LogP contribution is -2.07. The van der Waals surface area contributed by atoms with Crippen molar-refractivity contribution in [1.29, 1.82) is 0 Å².